The van der Waals surface area contributed by atoms with E-state index in [1.807, 2.05) is 30.3 Å². The Balaban J connectivity index is 1.35. The van der Waals surface area contributed by atoms with Crippen molar-refractivity contribution in [3.63, 3.8) is 0 Å². The standard InChI is InChI=1S/C22H22N4O4S/c27-19(12-16-13-31-22(24-16)26-21(29)18-7-4-10-30-18)25-17(20(28)23-15-8-9-15)11-14-5-2-1-3-6-14/h1-7,10,13,15,17H,8-9,11-12H2,(H,23,28)(H,25,27)(H,24,26,29). The molecule has 160 valence electrons. The van der Waals surface area contributed by atoms with E-state index in [9.17, 15) is 14.4 Å². The highest BCUT2D eigenvalue weighted by molar-refractivity contribution is 7.14. The third-order valence-electron chi connectivity index (χ3n) is 4.72. The van der Waals surface area contributed by atoms with Crippen molar-refractivity contribution in [2.24, 2.45) is 0 Å². The van der Waals surface area contributed by atoms with Gasteiger partial charge in [-0.2, -0.15) is 0 Å². The summed E-state index contributed by atoms with van der Waals surface area (Å²) in [4.78, 5) is 41.5. The molecule has 1 saturated carbocycles. The van der Waals surface area contributed by atoms with E-state index in [-0.39, 0.29) is 30.0 Å². The van der Waals surface area contributed by atoms with Gasteiger partial charge < -0.3 is 15.1 Å². The van der Waals surface area contributed by atoms with Crippen molar-refractivity contribution in [2.45, 2.75) is 37.8 Å². The maximum Gasteiger partial charge on any atom is 0.293 e. The average molecular weight is 439 g/mol. The lowest BCUT2D eigenvalue weighted by molar-refractivity contribution is -0.128. The van der Waals surface area contributed by atoms with Crippen molar-refractivity contribution in [1.82, 2.24) is 15.6 Å². The Morgan fingerprint density at radius 1 is 1.13 bits per heavy atom. The molecule has 3 aromatic rings. The summed E-state index contributed by atoms with van der Waals surface area (Å²) < 4.78 is 5.05. The van der Waals surface area contributed by atoms with E-state index in [1.165, 1.54) is 17.6 Å². The van der Waals surface area contributed by atoms with Crippen LogP contribution in [-0.2, 0) is 22.4 Å². The van der Waals surface area contributed by atoms with Crippen molar-refractivity contribution in [3.8, 4) is 0 Å². The van der Waals surface area contributed by atoms with Crippen LogP contribution < -0.4 is 16.0 Å². The summed E-state index contributed by atoms with van der Waals surface area (Å²) in [7, 11) is 0. The molecule has 1 aliphatic rings. The molecule has 0 saturated heterocycles. The summed E-state index contributed by atoms with van der Waals surface area (Å²) in [5.74, 6) is -0.708. The number of furan rings is 1. The minimum Gasteiger partial charge on any atom is -0.459 e. The molecule has 0 bridgehead atoms. The third kappa shape index (κ3) is 6.02. The van der Waals surface area contributed by atoms with E-state index >= 15 is 0 Å². The molecular formula is C22H22N4O4S. The first kappa shape index (κ1) is 20.8. The minimum atomic E-state index is -0.660. The molecule has 1 aliphatic carbocycles. The molecule has 1 fully saturated rings. The van der Waals surface area contributed by atoms with Gasteiger partial charge in [0.05, 0.1) is 18.4 Å². The largest absolute Gasteiger partial charge is 0.459 e. The molecule has 9 heteroatoms. The van der Waals surface area contributed by atoms with Crippen LogP contribution in [0.25, 0.3) is 0 Å². The first-order valence-electron chi connectivity index (χ1n) is 10.00. The molecule has 1 unspecified atom stereocenters. The van der Waals surface area contributed by atoms with Crippen LogP contribution in [-0.4, -0.2) is 34.8 Å². The number of rotatable bonds is 9. The van der Waals surface area contributed by atoms with Crippen LogP contribution in [0.5, 0.6) is 0 Å². The molecule has 0 spiro atoms. The third-order valence-corrected chi connectivity index (χ3v) is 5.52. The highest BCUT2D eigenvalue weighted by Gasteiger charge is 2.28. The topological polar surface area (TPSA) is 113 Å². The molecule has 0 aliphatic heterocycles. The Morgan fingerprint density at radius 2 is 1.94 bits per heavy atom. The van der Waals surface area contributed by atoms with E-state index in [2.05, 4.69) is 20.9 Å². The average Bonchev–Trinajstić information content (AvgIpc) is 3.21. The zero-order chi connectivity index (χ0) is 21.6. The number of benzene rings is 1. The van der Waals surface area contributed by atoms with Crippen LogP contribution in [0, 0.1) is 0 Å². The highest BCUT2D eigenvalue weighted by Crippen LogP contribution is 2.19. The van der Waals surface area contributed by atoms with Gasteiger partial charge in [-0.05, 0) is 30.5 Å². The number of aromatic nitrogens is 1. The zero-order valence-corrected chi connectivity index (χ0v) is 17.5. The molecule has 8 nitrogen and oxygen atoms in total. The first-order valence-corrected chi connectivity index (χ1v) is 10.9. The fourth-order valence-corrected chi connectivity index (χ4v) is 3.72. The molecule has 2 heterocycles. The SMILES string of the molecule is O=C(Cc1csc(NC(=O)c2ccco2)n1)NC(Cc1ccccc1)C(=O)NC1CC1. The van der Waals surface area contributed by atoms with Gasteiger partial charge in [0.15, 0.2) is 10.9 Å². The Hall–Kier alpha value is -3.46. The smallest absolute Gasteiger partial charge is 0.293 e. The van der Waals surface area contributed by atoms with E-state index in [0.29, 0.717) is 17.2 Å². The van der Waals surface area contributed by atoms with Crippen molar-refractivity contribution < 1.29 is 18.8 Å². The monoisotopic (exact) mass is 438 g/mol. The van der Waals surface area contributed by atoms with Crippen LogP contribution in [0.1, 0.15) is 34.7 Å². The molecule has 0 radical (unpaired) electrons. The van der Waals surface area contributed by atoms with Gasteiger partial charge >= 0.3 is 0 Å². The Morgan fingerprint density at radius 3 is 2.65 bits per heavy atom. The predicted molar refractivity (Wildman–Crippen MR) is 116 cm³/mol. The van der Waals surface area contributed by atoms with Crippen molar-refractivity contribution in [2.75, 3.05) is 5.32 Å². The second kappa shape index (κ2) is 9.57. The van der Waals surface area contributed by atoms with E-state index in [0.717, 1.165) is 18.4 Å². The molecule has 3 amide bonds. The van der Waals surface area contributed by atoms with Gasteiger partial charge in [-0.1, -0.05) is 30.3 Å². The summed E-state index contributed by atoms with van der Waals surface area (Å²) in [6, 6.07) is 12.3. The van der Waals surface area contributed by atoms with Gasteiger partial charge in [0.2, 0.25) is 11.8 Å². The Kier molecular flexibility index (Phi) is 6.42. The predicted octanol–water partition coefficient (Wildman–Crippen LogP) is 2.54. The molecule has 1 aromatic carbocycles. The Bertz CT molecular complexity index is 1040. The normalized spacial score (nSPS) is 13.9. The first-order chi connectivity index (χ1) is 15.1. The summed E-state index contributed by atoms with van der Waals surface area (Å²) in [5, 5.41) is 10.5. The quantitative estimate of drug-likeness (QED) is 0.475. The lowest BCUT2D eigenvalue weighted by Gasteiger charge is -2.18. The van der Waals surface area contributed by atoms with Crippen LogP contribution in [0.15, 0.2) is 58.5 Å². The molecule has 1 atom stereocenters. The van der Waals surface area contributed by atoms with Gasteiger partial charge in [-0.25, -0.2) is 4.98 Å². The fourth-order valence-electron chi connectivity index (χ4n) is 3.01. The highest BCUT2D eigenvalue weighted by atomic mass is 32.1. The number of carbonyl (C=O) groups excluding carboxylic acids is 3. The van der Waals surface area contributed by atoms with E-state index in [1.54, 1.807) is 17.5 Å². The molecule has 31 heavy (non-hydrogen) atoms. The van der Waals surface area contributed by atoms with Gasteiger partial charge in [-0.3, -0.25) is 19.7 Å². The second-order valence-electron chi connectivity index (χ2n) is 7.34. The van der Waals surface area contributed by atoms with Crippen LogP contribution >= 0.6 is 11.3 Å². The lowest BCUT2D eigenvalue weighted by atomic mass is 10.0. The van der Waals surface area contributed by atoms with Crippen molar-refractivity contribution in [1.29, 1.82) is 0 Å². The number of hydrogen-bond donors (Lipinski definition) is 3. The lowest BCUT2D eigenvalue weighted by Crippen LogP contribution is -2.49. The number of thiazole rings is 1. The van der Waals surface area contributed by atoms with Gasteiger partial charge in [0.1, 0.15) is 6.04 Å². The molecule has 3 N–H and O–H groups in total. The molecule has 4 rings (SSSR count). The maximum atomic E-state index is 12.6. The summed E-state index contributed by atoms with van der Waals surface area (Å²) in [6.45, 7) is 0. The number of nitrogens with zero attached hydrogens (tertiary/aromatic N) is 1. The van der Waals surface area contributed by atoms with Gasteiger partial charge in [0, 0.05) is 17.8 Å². The number of anilines is 1. The summed E-state index contributed by atoms with van der Waals surface area (Å²) in [6.07, 6.45) is 3.78. The Labute approximate surface area is 183 Å². The maximum absolute atomic E-state index is 12.6. The number of amides is 3. The summed E-state index contributed by atoms with van der Waals surface area (Å²) in [5.41, 5.74) is 1.48. The van der Waals surface area contributed by atoms with Crippen LogP contribution in [0.3, 0.4) is 0 Å². The van der Waals surface area contributed by atoms with Crippen molar-refractivity contribution in [3.05, 3.63) is 71.1 Å². The van der Waals surface area contributed by atoms with Crippen LogP contribution in [0.4, 0.5) is 5.13 Å². The number of nitrogens with one attached hydrogen (secondary N) is 3. The molecule has 2 aromatic heterocycles. The van der Waals surface area contributed by atoms with E-state index < -0.39 is 11.9 Å². The van der Waals surface area contributed by atoms with Gasteiger partial charge in [-0.15, -0.1) is 11.3 Å². The number of hydrogen-bond acceptors (Lipinski definition) is 6. The van der Waals surface area contributed by atoms with Crippen LogP contribution in [0.2, 0.25) is 0 Å². The van der Waals surface area contributed by atoms with Gasteiger partial charge in [0.25, 0.3) is 5.91 Å². The summed E-state index contributed by atoms with van der Waals surface area (Å²) >= 11 is 1.22. The molecular weight excluding hydrogens is 416 g/mol. The zero-order valence-electron chi connectivity index (χ0n) is 16.7. The number of carbonyl (C=O) groups is 3. The fraction of sp³-hybridized carbons (Fsp3) is 0.273. The second-order valence-corrected chi connectivity index (χ2v) is 8.20. The van der Waals surface area contributed by atoms with Crippen molar-refractivity contribution >= 4 is 34.2 Å². The van der Waals surface area contributed by atoms with E-state index in [4.69, 9.17) is 4.42 Å². The minimum absolute atomic E-state index is 0.00905.